The maximum atomic E-state index is 12.6. The van der Waals surface area contributed by atoms with Crippen LogP contribution in [0.5, 0.6) is 0 Å². The summed E-state index contributed by atoms with van der Waals surface area (Å²) < 4.78 is 4.75. The van der Waals surface area contributed by atoms with Crippen LogP contribution < -0.4 is 0 Å². The first-order valence-electron chi connectivity index (χ1n) is 7.09. The molecule has 1 unspecified atom stereocenters. The van der Waals surface area contributed by atoms with E-state index < -0.39 is 16.9 Å². The molecule has 0 bridgehead atoms. The first-order chi connectivity index (χ1) is 10.5. The molecule has 1 fully saturated rings. The number of methoxy groups -OCH3 is 1. The molecular weight excluding hydrogens is 288 g/mol. The fraction of sp³-hybridized carbons (Fsp3) is 0.467. The Hall–Kier alpha value is -2.44. The van der Waals surface area contributed by atoms with Gasteiger partial charge in [0.05, 0.1) is 12.0 Å². The third-order valence-corrected chi connectivity index (χ3v) is 3.89. The van der Waals surface area contributed by atoms with Gasteiger partial charge in [0.15, 0.2) is 0 Å². The first-order valence-corrected chi connectivity index (χ1v) is 7.09. The van der Waals surface area contributed by atoms with Gasteiger partial charge < -0.3 is 9.64 Å². The highest BCUT2D eigenvalue weighted by molar-refractivity contribution is 5.97. The van der Waals surface area contributed by atoms with Crippen molar-refractivity contribution in [3.05, 3.63) is 39.4 Å². The lowest BCUT2D eigenvalue weighted by atomic mass is 10.00. The van der Waals surface area contributed by atoms with Gasteiger partial charge in [0, 0.05) is 23.7 Å². The van der Waals surface area contributed by atoms with Crippen molar-refractivity contribution in [1.29, 1.82) is 0 Å². The van der Waals surface area contributed by atoms with Crippen LogP contribution in [0.4, 0.5) is 5.69 Å². The van der Waals surface area contributed by atoms with E-state index in [0.717, 1.165) is 12.8 Å². The highest BCUT2D eigenvalue weighted by Crippen LogP contribution is 2.24. The summed E-state index contributed by atoms with van der Waals surface area (Å²) in [5, 5.41) is 11.0. The fourth-order valence-corrected chi connectivity index (χ4v) is 2.66. The molecule has 118 valence electrons. The van der Waals surface area contributed by atoms with E-state index in [2.05, 4.69) is 0 Å². The first kappa shape index (κ1) is 15.9. The molecule has 0 spiro atoms. The van der Waals surface area contributed by atoms with Crippen molar-refractivity contribution in [2.75, 3.05) is 13.7 Å². The van der Waals surface area contributed by atoms with Crippen molar-refractivity contribution >= 4 is 17.6 Å². The van der Waals surface area contributed by atoms with Crippen LogP contribution in [0.2, 0.25) is 0 Å². The van der Waals surface area contributed by atoms with Crippen molar-refractivity contribution in [1.82, 2.24) is 4.90 Å². The summed E-state index contributed by atoms with van der Waals surface area (Å²) in [5.74, 6) is -0.826. The summed E-state index contributed by atoms with van der Waals surface area (Å²) in [6.07, 6.45) is 2.19. The number of nitro benzene ring substituents is 1. The van der Waals surface area contributed by atoms with Crippen LogP contribution in [0.25, 0.3) is 0 Å². The molecule has 1 aromatic carbocycles. The maximum absolute atomic E-state index is 12.6. The second kappa shape index (κ2) is 6.55. The summed E-state index contributed by atoms with van der Waals surface area (Å²) >= 11 is 0. The van der Waals surface area contributed by atoms with Gasteiger partial charge in [0.1, 0.15) is 6.04 Å². The van der Waals surface area contributed by atoms with Crippen LogP contribution in [-0.4, -0.2) is 41.4 Å². The lowest BCUT2D eigenvalue weighted by Crippen LogP contribution is -2.48. The largest absolute Gasteiger partial charge is 0.467 e. The van der Waals surface area contributed by atoms with Crippen LogP contribution in [0.3, 0.4) is 0 Å². The summed E-state index contributed by atoms with van der Waals surface area (Å²) in [7, 11) is 1.29. The van der Waals surface area contributed by atoms with Crippen molar-refractivity contribution < 1.29 is 19.2 Å². The SMILES string of the molecule is COC(=O)C1CCCCN1C(=O)c1ccc(C)c([N+](=O)[O-])c1. The monoisotopic (exact) mass is 306 g/mol. The van der Waals surface area contributed by atoms with Gasteiger partial charge in [-0.3, -0.25) is 14.9 Å². The van der Waals surface area contributed by atoms with Crippen LogP contribution in [-0.2, 0) is 9.53 Å². The molecule has 2 rings (SSSR count). The number of esters is 1. The van der Waals surface area contributed by atoms with E-state index >= 15 is 0 Å². The molecule has 0 saturated carbocycles. The number of piperidine rings is 1. The average molecular weight is 306 g/mol. The van der Waals surface area contributed by atoms with Gasteiger partial charge in [-0.25, -0.2) is 4.79 Å². The standard InChI is InChI=1S/C15H18N2O5/c1-10-6-7-11(9-13(10)17(20)21)14(18)16-8-4-3-5-12(16)15(19)22-2/h6-7,9,12H,3-5,8H2,1-2H3. The molecule has 1 aliphatic rings. The van der Waals surface area contributed by atoms with Gasteiger partial charge in [-0.1, -0.05) is 6.07 Å². The Bertz CT molecular complexity index is 614. The Morgan fingerprint density at radius 3 is 2.73 bits per heavy atom. The number of rotatable bonds is 3. The van der Waals surface area contributed by atoms with Gasteiger partial charge in [0.25, 0.3) is 11.6 Å². The Balaban J connectivity index is 2.31. The summed E-state index contributed by atoms with van der Waals surface area (Å²) in [6.45, 7) is 2.06. The minimum absolute atomic E-state index is 0.0996. The number of nitrogens with zero attached hydrogens (tertiary/aromatic N) is 2. The molecular formula is C15H18N2O5. The van der Waals surface area contributed by atoms with Crippen LogP contribution in [0.15, 0.2) is 18.2 Å². The molecule has 0 N–H and O–H groups in total. The van der Waals surface area contributed by atoms with Gasteiger partial charge in [-0.2, -0.15) is 0 Å². The molecule has 1 aliphatic heterocycles. The third kappa shape index (κ3) is 3.08. The number of carbonyl (C=O) groups excluding carboxylic acids is 2. The molecule has 0 aromatic heterocycles. The zero-order valence-electron chi connectivity index (χ0n) is 12.6. The van der Waals surface area contributed by atoms with Gasteiger partial charge >= 0.3 is 5.97 Å². The van der Waals surface area contributed by atoms with E-state index in [1.807, 2.05) is 0 Å². The normalized spacial score (nSPS) is 17.9. The summed E-state index contributed by atoms with van der Waals surface area (Å²) in [5.41, 5.74) is 0.607. The van der Waals surface area contributed by atoms with Crippen molar-refractivity contribution in [2.24, 2.45) is 0 Å². The number of hydrogen-bond acceptors (Lipinski definition) is 5. The Morgan fingerprint density at radius 1 is 1.36 bits per heavy atom. The van der Waals surface area contributed by atoms with Crippen LogP contribution in [0, 0.1) is 17.0 Å². The zero-order valence-corrected chi connectivity index (χ0v) is 12.6. The molecule has 1 amide bonds. The highest BCUT2D eigenvalue weighted by Gasteiger charge is 2.33. The van der Waals surface area contributed by atoms with E-state index in [1.165, 1.54) is 18.1 Å². The zero-order chi connectivity index (χ0) is 16.3. The molecule has 22 heavy (non-hydrogen) atoms. The average Bonchev–Trinajstić information content (AvgIpc) is 2.53. The summed E-state index contributed by atoms with van der Waals surface area (Å²) in [4.78, 5) is 36.4. The number of ether oxygens (including phenoxy) is 1. The molecule has 7 heteroatoms. The van der Waals surface area contributed by atoms with Gasteiger partial charge in [-0.05, 0) is 32.3 Å². The lowest BCUT2D eigenvalue weighted by Gasteiger charge is -2.33. The molecule has 1 aromatic rings. The second-order valence-electron chi connectivity index (χ2n) is 5.29. The van der Waals surface area contributed by atoms with E-state index in [-0.39, 0.29) is 17.2 Å². The van der Waals surface area contributed by atoms with Crippen molar-refractivity contribution in [3.8, 4) is 0 Å². The van der Waals surface area contributed by atoms with Crippen LogP contribution in [0.1, 0.15) is 35.2 Å². The molecule has 0 radical (unpaired) electrons. The third-order valence-electron chi connectivity index (χ3n) is 3.89. The Kier molecular flexibility index (Phi) is 4.75. The number of likely N-dealkylation sites (tertiary alicyclic amines) is 1. The molecule has 1 saturated heterocycles. The van der Waals surface area contributed by atoms with Crippen LogP contribution >= 0.6 is 0 Å². The smallest absolute Gasteiger partial charge is 0.328 e. The Labute approximate surface area is 128 Å². The fourth-order valence-electron chi connectivity index (χ4n) is 2.66. The number of hydrogen-bond donors (Lipinski definition) is 0. The number of benzene rings is 1. The molecule has 7 nitrogen and oxygen atoms in total. The van der Waals surface area contributed by atoms with Crippen molar-refractivity contribution in [3.63, 3.8) is 0 Å². The topological polar surface area (TPSA) is 89.8 Å². The molecule has 1 heterocycles. The Morgan fingerprint density at radius 2 is 2.09 bits per heavy atom. The van der Waals surface area contributed by atoms with E-state index in [0.29, 0.717) is 18.5 Å². The predicted molar refractivity (Wildman–Crippen MR) is 78.5 cm³/mol. The van der Waals surface area contributed by atoms with E-state index in [1.54, 1.807) is 19.1 Å². The van der Waals surface area contributed by atoms with Crippen molar-refractivity contribution in [2.45, 2.75) is 32.2 Å². The lowest BCUT2D eigenvalue weighted by molar-refractivity contribution is -0.385. The minimum atomic E-state index is -0.619. The second-order valence-corrected chi connectivity index (χ2v) is 5.29. The molecule has 1 atom stereocenters. The van der Waals surface area contributed by atoms with Gasteiger partial charge in [0.2, 0.25) is 0 Å². The van der Waals surface area contributed by atoms with E-state index in [4.69, 9.17) is 4.74 Å². The predicted octanol–water partition coefficient (Wildman–Crippen LogP) is 2.07. The molecule has 0 aliphatic carbocycles. The number of nitro groups is 1. The van der Waals surface area contributed by atoms with E-state index in [9.17, 15) is 19.7 Å². The number of aryl methyl sites for hydroxylation is 1. The quantitative estimate of drug-likeness (QED) is 0.484. The minimum Gasteiger partial charge on any atom is -0.467 e. The summed E-state index contributed by atoms with van der Waals surface area (Å²) in [6, 6.07) is 3.74. The maximum Gasteiger partial charge on any atom is 0.328 e. The number of amides is 1. The highest BCUT2D eigenvalue weighted by atomic mass is 16.6. The van der Waals surface area contributed by atoms with Gasteiger partial charge in [-0.15, -0.1) is 0 Å². The number of carbonyl (C=O) groups is 2.